The van der Waals surface area contributed by atoms with Crippen molar-refractivity contribution in [2.45, 2.75) is 25.3 Å². The molecule has 6 heteroatoms. The minimum absolute atomic E-state index is 0.0199. The average Bonchev–Trinajstić information content (AvgIpc) is 2.39. The van der Waals surface area contributed by atoms with E-state index in [4.69, 9.17) is 5.73 Å². The number of sulfone groups is 1. The fourth-order valence-corrected chi connectivity index (χ4v) is 4.70. The van der Waals surface area contributed by atoms with E-state index in [-0.39, 0.29) is 23.5 Å². The van der Waals surface area contributed by atoms with Crippen molar-refractivity contribution >= 4 is 15.8 Å². The molecule has 2 fully saturated rings. The molecule has 0 spiro atoms. The summed E-state index contributed by atoms with van der Waals surface area (Å²) in [5, 5.41) is 9.18. The summed E-state index contributed by atoms with van der Waals surface area (Å²) >= 11 is 0. The fourth-order valence-electron chi connectivity index (χ4n) is 2.79. The molecule has 1 heterocycles. The summed E-state index contributed by atoms with van der Waals surface area (Å²) in [5.41, 5.74) is 4.76. The molecule has 15 heavy (non-hydrogen) atoms. The summed E-state index contributed by atoms with van der Waals surface area (Å²) in [5.74, 6) is -0.973. The van der Waals surface area contributed by atoms with E-state index in [0.717, 1.165) is 0 Å². The summed E-state index contributed by atoms with van der Waals surface area (Å²) in [7, 11) is -3.01. The zero-order valence-corrected chi connectivity index (χ0v) is 9.16. The predicted octanol–water partition coefficient (Wildman–Crippen LogP) is -0.387. The Morgan fingerprint density at radius 2 is 2.00 bits per heavy atom. The molecule has 3 N–H and O–H groups in total. The molecule has 0 radical (unpaired) electrons. The molecule has 0 amide bonds. The Balaban J connectivity index is 2.19. The van der Waals surface area contributed by atoms with Gasteiger partial charge in [-0.15, -0.1) is 0 Å². The SMILES string of the molecule is NC1CC(C(=O)O)(C2CCS(=O)(=O)C2)C1. The Morgan fingerprint density at radius 1 is 1.40 bits per heavy atom. The van der Waals surface area contributed by atoms with Crippen LogP contribution in [0, 0.1) is 11.3 Å². The van der Waals surface area contributed by atoms with Crippen LogP contribution in [-0.2, 0) is 14.6 Å². The van der Waals surface area contributed by atoms with E-state index in [2.05, 4.69) is 0 Å². The molecule has 0 aromatic carbocycles. The first-order valence-corrected chi connectivity index (χ1v) is 6.87. The van der Waals surface area contributed by atoms with E-state index in [1.165, 1.54) is 0 Å². The molecule has 1 aliphatic carbocycles. The van der Waals surface area contributed by atoms with Crippen molar-refractivity contribution in [1.29, 1.82) is 0 Å². The van der Waals surface area contributed by atoms with Gasteiger partial charge in [0.15, 0.2) is 9.84 Å². The Labute approximate surface area is 88.6 Å². The number of carbonyl (C=O) groups is 1. The molecule has 0 bridgehead atoms. The number of hydrogen-bond acceptors (Lipinski definition) is 4. The van der Waals surface area contributed by atoms with Gasteiger partial charge in [0.05, 0.1) is 16.9 Å². The molecule has 86 valence electrons. The van der Waals surface area contributed by atoms with Gasteiger partial charge in [0.1, 0.15) is 0 Å². The maximum atomic E-state index is 11.3. The Hall–Kier alpha value is -0.620. The second-order valence-corrected chi connectivity index (χ2v) is 6.96. The molecule has 1 saturated heterocycles. The lowest BCUT2D eigenvalue weighted by molar-refractivity contribution is -0.160. The summed E-state index contributed by atoms with van der Waals surface area (Å²) in [6.07, 6.45) is 1.31. The van der Waals surface area contributed by atoms with Crippen LogP contribution in [0.3, 0.4) is 0 Å². The maximum absolute atomic E-state index is 11.3. The van der Waals surface area contributed by atoms with E-state index in [1.807, 2.05) is 0 Å². The number of carboxylic acids is 1. The highest BCUT2D eigenvalue weighted by Gasteiger charge is 2.56. The third-order valence-corrected chi connectivity index (χ3v) is 5.46. The van der Waals surface area contributed by atoms with Crippen molar-refractivity contribution in [2.24, 2.45) is 17.1 Å². The molecular weight excluding hydrogens is 218 g/mol. The number of rotatable bonds is 2. The number of aliphatic carboxylic acids is 1. The third-order valence-electron chi connectivity index (χ3n) is 3.69. The molecule has 0 aromatic rings. The van der Waals surface area contributed by atoms with Gasteiger partial charge >= 0.3 is 5.97 Å². The maximum Gasteiger partial charge on any atom is 0.310 e. The van der Waals surface area contributed by atoms with Crippen LogP contribution in [0.25, 0.3) is 0 Å². The molecular formula is C9H15NO4S. The van der Waals surface area contributed by atoms with Gasteiger partial charge in [-0.2, -0.15) is 0 Å². The van der Waals surface area contributed by atoms with E-state index in [1.54, 1.807) is 0 Å². The lowest BCUT2D eigenvalue weighted by atomic mass is 9.58. The predicted molar refractivity (Wildman–Crippen MR) is 54.0 cm³/mol. The van der Waals surface area contributed by atoms with Crippen LogP contribution in [0.4, 0.5) is 0 Å². The van der Waals surface area contributed by atoms with Crippen LogP contribution < -0.4 is 5.73 Å². The van der Waals surface area contributed by atoms with Crippen molar-refractivity contribution in [2.75, 3.05) is 11.5 Å². The number of carboxylic acid groups (broad SMARTS) is 1. The molecule has 1 unspecified atom stereocenters. The lowest BCUT2D eigenvalue weighted by Crippen LogP contribution is -2.55. The summed E-state index contributed by atoms with van der Waals surface area (Å²) in [6.45, 7) is 0. The summed E-state index contributed by atoms with van der Waals surface area (Å²) in [6, 6.07) is -0.0793. The molecule has 1 aliphatic heterocycles. The van der Waals surface area contributed by atoms with Crippen molar-refractivity contribution < 1.29 is 18.3 Å². The Morgan fingerprint density at radius 3 is 2.33 bits per heavy atom. The zero-order chi connectivity index (χ0) is 11.3. The van der Waals surface area contributed by atoms with Gasteiger partial charge in [-0.3, -0.25) is 4.79 Å². The van der Waals surface area contributed by atoms with Gasteiger partial charge in [0, 0.05) is 6.04 Å². The third kappa shape index (κ3) is 1.65. The van der Waals surface area contributed by atoms with Crippen molar-refractivity contribution in [3.63, 3.8) is 0 Å². The largest absolute Gasteiger partial charge is 0.481 e. The van der Waals surface area contributed by atoms with E-state index >= 15 is 0 Å². The standard InChI is InChI=1S/C9H15NO4S/c10-7-3-9(4-7,8(11)12)6-1-2-15(13,14)5-6/h6-7H,1-5,10H2,(H,11,12). The van der Waals surface area contributed by atoms with Crippen LogP contribution in [0.1, 0.15) is 19.3 Å². The zero-order valence-electron chi connectivity index (χ0n) is 8.35. The first-order valence-electron chi connectivity index (χ1n) is 5.05. The quantitative estimate of drug-likeness (QED) is 0.677. The Kier molecular flexibility index (Phi) is 2.31. The van der Waals surface area contributed by atoms with Crippen LogP contribution in [0.2, 0.25) is 0 Å². The van der Waals surface area contributed by atoms with Gasteiger partial charge in [0.2, 0.25) is 0 Å². The van der Waals surface area contributed by atoms with E-state index < -0.39 is 21.2 Å². The Bertz CT molecular complexity index is 383. The fraction of sp³-hybridized carbons (Fsp3) is 0.889. The topological polar surface area (TPSA) is 97.5 Å². The van der Waals surface area contributed by atoms with Crippen molar-refractivity contribution in [3.8, 4) is 0 Å². The lowest BCUT2D eigenvalue weighted by Gasteiger charge is -2.46. The summed E-state index contributed by atoms with van der Waals surface area (Å²) < 4.78 is 22.6. The molecule has 0 aromatic heterocycles. The highest BCUT2D eigenvalue weighted by atomic mass is 32.2. The van der Waals surface area contributed by atoms with Crippen LogP contribution in [0.15, 0.2) is 0 Å². The summed E-state index contributed by atoms with van der Waals surface area (Å²) in [4.78, 5) is 11.2. The molecule has 2 rings (SSSR count). The highest BCUT2D eigenvalue weighted by molar-refractivity contribution is 7.91. The van der Waals surface area contributed by atoms with E-state index in [9.17, 15) is 18.3 Å². The van der Waals surface area contributed by atoms with Crippen molar-refractivity contribution in [1.82, 2.24) is 0 Å². The van der Waals surface area contributed by atoms with Crippen LogP contribution in [0.5, 0.6) is 0 Å². The van der Waals surface area contributed by atoms with E-state index in [0.29, 0.717) is 19.3 Å². The van der Waals surface area contributed by atoms with Crippen LogP contribution >= 0.6 is 0 Å². The van der Waals surface area contributed by atoms with Crippen LogP contribution in [-0.4, -0.2) is 37.0 Å². The molecule has 5 nitrogen and oxygen atoms in total. The first-order chi connectivity index (χ1) is 6.86. The molecule has 1 saturated carbocycles. The highest BCUT2D eigenvalue weighted by Crippen LogP contribution is 2.50. The number of hydrogen-bond donors (Lipinski definition) is 2. The first kappa shape index (κ1) is 10.9. The second kappa shape index (κ2) is 3.18. The number of nitrogens with two attached hydrogens (primary N) is 1. The normalized spacial score (nSPS) is 43.5. The molecule has 1 atom stereocenters. The minimum Gasteiger partial charge on any atom is -0.481 e. The second-order valence-electron chi connectivity index (χ2n) is 4.73. The monoisotopic (exact) mass is 233 g/mol. The molecule has 2 aliphatic rings. The average molecular weight is 233 g/mol. The van der Waals surface area contributed by atoms with Gasteiger partial charge < -0.3 is 10.8 Å². The van der Waals surface area contributed by atoms with Gasteiger partial charge in [-0.1, -0.05) is 0 Å². The smallest absolute Gasteiger partial charge is 0.310 e. The van der Waals surface area contributed by atoms with Crippen molar-refractivity contribution in [3.05, 3.63) is 0 Å². The van der Waals surface area contributed by atoms with Gasteiger partial charge in [-0.05, 0) is 25.2 Å². The van der Waals surface area contributed by atoms with Gasteiger partial charge in [0.25, 0.3) is 0 Å². The van der Waals surface area contributed by atoms with Gasteiger partial charge in [-0.25, -0.2) is 8.42 Å². The minimum atomic E-state index is -3.01.